The quantitative estimate of drug-likeness (QED) is 0.714. The van der Waals surface area contributed by atoms with E-state index >= 15 is 0 Å². The van der Waals surface area contributed by atoms with Crippen LogP contribution < -0.4 is 25.8 Å². The third-order valence-electron chi connectivity index (χ3n) is 3.41. The lowest BCUT2D eigenvalue weighted by Gasteiger charge is -2.27. The monoisotopic (exact) mass is 365 g/mol. The zero-order valence-electron chi connectivity index (χ0n) is 13.9. The predicted molar refractivity (Wildman–Crippen MR) is 93.1 cm³/mol. The summed E-state index contributed by atoms with van der Waals surface area (Å²) in [5.74, 6) is 1.80. The third kappa shape index (κ3) is 3.94. The van der Waals surface area contributed by atoms with E-state index in [1.165, 1.54) is 32.0 Å². The zero-order valence-corrected chi connectivity index (χ0v) is 14.7. The Morgan fingerprint density at radius 2 is 1.56 bits per heavy atom. The summed E-state index contributed by atoms with van der Waals surface area (Å²) in [7, 11) is 3.06. The van der Waals surface area contributed by atoms with Crippen molar-refractivity contribution in [1.29, 1.82) is 0 Å². The van der Waals surface area contributed by atoms with Crippen molar-refractivity contribution in [2.75, 3.05) is 56.9 Å². The minimum Gasteiger partial charge on any atom is -0.480 e. The molecule has 1 aliphatic rings. The molecule has 0 aromatic carbocycles. The SMILES string of the molecule is COc1nc(N2CCOCC2)nc(OC)c1Sc1nc(N)cc(N)n1. The van der Waals surface area contributed by atoms with E-state index in [2.05, 4.69) is 19.9 Å². The van der Waals surface area contributed by atoms with Crippen LogP contribution in [0.2, 0.25) is 0 Å². The van der Waals surface area contributed by atoms with Gasteiger partial charge in [0.05, 0.1) is 27.4 Å². The fraction of sp³-hybridized carbons (Fsp3) is 0.429. The fourth-order valence-electron chi connectivity index (χ4n) is 2.27. The lowest BCUT2D eigenvalue weighted by molar-refractivity contribution is 0.122. The predicted octanol–water partition coefficient (Wildman–Crippen LogP) is 0.436. The molecule has 1 aliphatic heterocycles. The number of nitrogens with two attached hydrogens (primary N) is 2. The van der Waals surface area contributed by atoms with Crippen molar-refractivity contribution in [2.45, 2.75) is 10.1 Å². The van der Waals surface area contributed by atoms with Crippen LogP contribution in [0, 0.1) is 0 Å². The fourth-order valence-corrected chi connectivity index (χ4v) is 3.18. The Hall–Kier alpha value is -2.53. The van der Waals surface area contributed by atoms with Gasteiger partial charge >= 0.3 is 0 Å². The molecule has 2 aromatic heterocycles. The molecule has 0 spiro atoms. The van der Waals surface area contributed by atoms with Gasteiger partial charge in [0.1, 0.15) is 16.5 Å². The Morgan fingerprint density at radius 1 is 1.00 bits per heavy atom. The second-order valence-corrected chi connectivity index (χ2v) is 6.05. The Balaban J connectivity index is 1.97. The number of rotatable bonds is 5. The van der Waals surface area contributed by atoms with Crippen molar-refractivity contribution in [3.63, 3.8) is 0 Å². The molecule has 0 radical (unpaired) electrons. The van der Waals surface area contributed by atoms with Gasteiger partial charge in [-0.1, -0.05) is 0 Å². The van der Waals surface area contributed by atoms with E-state index in [-0.39, 0.29) is 11.6 Å². The minimum atomic E-state index is 0.277. The summed E-state index contributed by atoms with van der Waals surface area (Å²) in [5.41, 5.74) is 11.4. The molecule has 0 bridgehead atoms. The van der Waals surface area contributed by atoms with E-state index in [1.54, 1.807) is 0 Å². The van der Waals surface area contributed by atoms with Crippen molar-refractivity contribution >= 4 is 29.3 Å². The largest absolute Gasteiger partial charge is 0.480 e. The first-order chi connectivity index (χ1) is 12.1. The van der Waals surface area contributed by atoms with Gasteiger partial charge in [0, 0.05) is 19.2 Å². The Bertz CT molecular complexity index is 710. The van der Waals surface area contributed by atoms with Gasteiger partial charge < -0.3 is 30.6 Å². The lowest BCUT2D eigenvalue weighted by atomic mass is 10.4. The molecular formula is C14H19N7O3S. The van der Waals surface area contributed by atoms with Crippen molar-refractivity contribution in [2.24, 2.45) is 0 Å². The van der Waals surface area contributed by atoms with Crippen LogP contribution in [0.15, 0.2) is 16.1 Å². The molecule has 1 saturated heterocycles. The second kappa shape index (κ2) is 7.57. The molecule has 10 nitrogen and oxygen atoms in total. The standard InChI is InChI=1S/C14H19N7O3S/c1-22-11-10(25-14-17-8(15)7-9(16)18-14)12(23-2)20-13(19-11)21-3-5-24-6-4-21/h7H,3-6H2,1-2H3,(H4,15,16,17,18). The molecule has 0 aliphatic carbocycles. The Kier molecular flexibility index (Phi) is 5.24. The van der Waals surface area contributed by atoms with Gasteiger partial charge in [-0.3, -0.25) is 0 Å². The van der Waals surface area contributed by atoms with Crippen LogP contribution >= 0.6 is 11.8 Å². The van der Waals surface area contributed by atoms with Gasteiger partial charge in [-0.15, -0.1) is 0 Å². The molecule has 0 atom stereocenters. The molecule has 3 heterocycles. The third-order valence-corrected chi connectivity index (χ3v) is 4.33. The number of morpholine rings is 1. The molecule has 134 valence electrons. The van der Waals surface area contributed by atoms with Gasteiger partial charge in [-0.05, 0) is 11.8 Å². The minimum absolute atomic E-state index is 0.277. The number of anilines is 3. The van der Waals surface area contributed by atoms with Crippen molar-refractivity contribution < 1.29 is 14.2 Å². The topological polar surface area (TPSA) is 135 Å². The zero-order chi connectivity index (χ0) is 17.8. The van der Waals surface area contributed by atoms with E-state index < -0.39 is 0 Å². The summed E-state index contributed by atoms with van der Waals surface area (Å²) in [5, 5.41) is 0.358. The molecule has 0 saturated carbocycles. The average molecular weight is 365 g/mol. The number of nitrogens with zero attached hydrogens (tertiary/aromatic N) is 5. The van der Waals surface area contributed by atoms with Crippen LogP contribution in [0.5, 0.6) is 11.8 Å². The lowest BCUT2D eigenvalue weighted by Crippen LogP contribution is -2.37. The van der Waals surface area contributed by atoms with Gasteiger partial charge in [-0.2, -0.15) is 9.97 Å². The van der Waals surface area contributed by atoms with Crippen LogP contribution in [-0.2, 0) is 4.74 Å². The molecule has 1 fully saturated rings. The molecular weight excluding hydrogens is 346 g/mol. The highest BCUT2D eigenvalue weighted by Crippen LogP contribution is 2.40. The number of ether oxygens (including phenoxy) is 3. The summed E-state index contributed by atoms with van der Waals surface area (Å²) >= 11 is 1.17. The normalized spacial score (nSPS) is 14.4. The van der Waals surface area contributed by atoms with E-state index in [9.17, 15) is 0 Å². The molecule has 25 heavy (non-hydrogen) atoms. The molecule has 3 rings (SSSR count). The van der Waals surface area contributed by atoms with Gasteiger partial charge in [-0.25, -0.2) is 9.97 Å². The van der Waals surface area contributed by atoms with Gasteiger partial charge in [0.25, 0.3) is 0 Å². The van der Waals surface area contributed by atoms with Crippen molar-refractivity contribution in [1.82, 2.24) is 19.9 Å². The van der Waals surface area contributed by atoms with Gasteiger partial charge in [0.15, 0.2) is 5.16 Å². The maximum atomic E-state index is 5.72. The summed E-state index contributed by atoms with van der Waals surface area (Å²) in [6.45, 7) is 2.66. The van der Waals surface area contributed by atoms with E-state index in [4.69, 9.17) is 25.7 Å². The van der Waals surface area contributed by atoms with Gasteiger partial charge in [0.2, 0.25) is 17.7 Å². The van der Waals surface area contributed by atoms with E-state index in [1.807, 2.05) is 4.90 Å². The molecule has 11 heteroatoms. The van der Waals surface area contributed by atoms with Crippen LogP contribution in [0.4, 0.5) is 17.6 Å². The first-order valence-corrected chi connectivity index (χ1v) is 8.33. The van der Waals surface area contributed by atoms with Crippen molar-refractivity contribution in [3.8, 4) is 11.8 Å². The van der Waals surface area contributed by atoms with E-state index in [0.717, 1.165) is 0 Å². The number of aromatic nitrogens is 4. The molecule has 4 N–H and O–H groups in total. The highest BCUT2D eigenvalue weighted by atomic mass is 32.2. The maximum absolute atomic E-state index is 5.72. The van der Waals surface area contributed by atoms with Crippen LogP contribution in [-0.4, -0.2) is 60.5 Å². The smallest absolute Gasteiger partial charge is 0.236 e. The summed E-state index contributed by atoms with van der Waals surface area (Å²) in [6, 6.07) is 1.48. The number of hydrogen-bond donors (Lipinski definition) is 2. The Morgan fingerprint density at radius 3 is 2.08 bits per heavy atom. The second-order valence-electron chi connectivity index (χ2n) is 5.07. The first kappa shape index (κ1) is 17.3. The number of nitrogen functional groups attached to an aromatic ring is 2. The average Bonchev–Trinajstić information content (AvgIpc) is 2.61. The van der Waals surface area contributed by atoms with Crippen LogP contribution in [0.1, 0.15) is 0 Å². The molecule has 0 amide bonds. The molecule has 2 aromatic rings. The van der Waals surface area contributed by atoms with Crippen LogP contribution in [0.25, 0.3) is 0 Å². The van der Waals surface area contributed by atoms with E-state index in [0.29, 0.717) is 54.1 Å². The first-order valence-electron chi connectivity index (χ1n) is 7.51. The number of methoxy groups -OCH3 is 2. The summed E-state index contributed by atoms with van der Waals surface area (Å²) < 4.78 is 16.2. The molecule has 0 unspecified atom stereocenters. The summed E-state index contributed by atoms with van der Waals surface area (Å²) in [4.78, 5) is 19.8. The maximum Gasteiger partial charge on any atom is 0.236 e. The highest BCUT2D eigenvalue weighted by molar-refractivity contribution is 7.99. The summed E-state index contributed by atoms with van der Waals surface area (Å²) in [6.07, 6.45) is 0. The Labute approximate surface area is 148 Å². The van der Waals surface area contributed by atoms with Crippen LogP contribution in [0.3, 0.4) is 0 Å². The number of hydrogen-bond acceptors (Lipinski definition) is 11. The highest BCUT2D eigenvalue weighted by Gasteiger charge is 2.22. The van der Waals surface area contributed by atoms with Crippen molar-refractivity contribution in [3.05, 3.63) is 6.07 Å².